The van der Waals surface area contributed by atoms with Crippen LogP contribution in [0.3, 0.4) is 0 Å². The number of hydrogen-bond acceptors (Lipinski definition) is 8. The molecule has 1 saturated carbocycles. The van der Waals surface area contributed by atoms with E-state index in [1.807, 2.05) is 60.7 Å². The van der Waals surface area contributed by atoms with E-state index in [4.69, 9.17) is 15.2 Å². The lowest BCUT2D eigenvalue weighted by Crippen LogP contribution is -2.55. The van der Waals surface area contributed by atoms with Crippen molar-refractivity contribution in [2.75, 3.05) is 20.1 Å². The van der Waals surface area contributed by atoms with Gasteiger partial charge in [-0.3, -0.25) is 24.8 Å². The molecule has 0 spiro atoms. The highest BCUT2D eigenvalue weighted by Gasteiger charge is 2.41. The number of nitrogens with two attached hydrogens (primary N) is 1. The number of benzene rings is 2. The molecule has 2 aromatic rings. The number of hydrogen-bond donors (Lipinski definition) is 3. The van der Waals surface area contributed by atoms with Gasteiger partial charge in [-0.05, 0) is 49.1 Å². The largest absolute Gasteiger partial charge is 0.445 e. The normalized spacial score (nSPS) is 17.8. The van der Waals surface area contributed by atoms with Crippen LogP contribution in [0.15, 0.2) is 65.7 Å². The van der Waals surface area contributed by atoms with Gasteiger partial charge in [0.2, 0.25) is 11.8 Å². The minimum Gasteiger partial charge on any atom is -0.445 e. The Bertz CT molecular complexity index is 1450. The second-order valence-corrected chi connectivity index (χ2v) is 13.3. The van der Waals surface area contributed by atoms with Crippen molar-refractivity contribution in [3.8, 4) is 0 Å². The molecular formula is C38H52N6O7. The van der Waals surface area contributed by atoms with Gasteiger partial charge in [0.1, 0.15) is 31.6 Å². The van der Waals surface area contributed by atoms with Gasteiger partial charge in [0.25, 0.3) is 0 Å². The van der Waals surface area contributed by atoms with Gasteiger partial charge in [0, 0.05) is 20.1 Å². The summed E-state index contributed by atoms with van der Waals surface area (Å²) in [5.74, 6) is -0.524. The number of ether oxygens (including phenoxy) is 2. The van der Waals surface area contributed by atoms with E-state index in [1.165, 1.54) is 4.90 Å². The SMILES string of the molecule is CN(C(=O)OCc1ccccc1)[C@H](CC1CCCCCC1)C(=O)N1CCC[C@H]1C(=O)N[C@H](C=O)CCCN=C(N)NC(=O)OCc1ccccc1. The molecule has 4 N–H and O–H groups in total. The van der Waals surface area contributed by atoms with Crippen molar-refractivity contribution >= 4 is 36.2 Å². The second kappa shape index (κ2) is 20.7. The summed E-state index contributed by atoms with van der Waals surface area (Å²) in [7, 11) is 1.60. The van der Waals surface area contributed by atoms with E-state index in [9.17, 15) is 24.0 Å². The number of amides is 4. The Balaban J connectivity index is 1.30. The predicted octanol–water partition coefficient (Wildman–Crippen LogP) is 4.68. The zero-order chi connectivity index (χ0) is 36.4. The van der Waals surface area contributed by atoms with E-state index in [-0.39, 0.29) is 44.0 Å². The summed E-state index contributed by atoms with van der Waals surface area (Å²) in [6.45, 7) is 0.760. The van der Waals surface area contributed by atoms with Crippen LogP contribution in [-0.2, 0) is 37.1 Å². The van der Waals surface area contributed by atoms with E-state index in [0.29, 0.717) is 38.5 Å². The van der Waals surface area contributed by atoms with Crippen molar-refractivity contribution < 1.29 is 33.4 Å². The molecule has 51 heavy (non-hydrogen) atoms. The molecule has 2 aliphatic rings. The first-order valence-electron chi connectivity index (χ1n) is 18.0. The molecule has 0 unspecified atom stereocenters. The third-order valence-corrected chi connectivity index (χ3v) is 9.51. The van der Waals surface area contributed by atoms with Crippen molar-refractivity contribution in [1.29, 1.82) is 0 Å². The highest BCUT2D eigenvalue weighted by molar-refractivity contribution is 5.93. The number of aldehydes is 1. The summed E-state index contributed by atoms with van der Waals surface area (Å²) < 4.78 is 10.7. The molecule has 2 aromatic carbocycles. The smallest absolute Gasteiger partial charge is 0.414 e. The first-order valence-corrected chi connectivity index (χ1v) is 18.0. The predicted molar refractivity (Wildman–Crippen MR) is 192 cm³/mol. The molecule has 0 bridgehead atoms. The monoisotopic (exact) mass is 704 g/mol. The summed E-state index contributed by atoms with van der Waals surface area (Å²) in [6, 6.07) is 16.2. The molecule has 1 heterocycles. The molecule has 13 heteroatoms. The summed E-state index contributed by atoms with van der Waals surface area (Å²) in [4.78, 5) is 72.0. The Labute approximate surface area is 300 Å². The number of likely N-dealkylation sites (tertiary alicyclic amines) is 1. The van der Waals surface area contributed by atoms with Gasteiger partial charge in [-0.1, -0.05) is 99.2 Å². The highest BCUT2D eigenvalue weighted by Crippen LogP contribution is 2.30. The van der Waals surface area contributed by atoms with Gasteiger partial charge in [0.15, 0.2) is 5.96 Å². The van der Waals surface area contributed by atoms with Crippen LogP contribution in [0.1, 0.15) is 81.8 Å². The molecule has 1 saturated heterocycles. The maximum atomic E-state index is 14.2. The Morgan fingerprint density at radius 2 is 1.55 bits per heavy atom. The first kappa shape index (κ1) is 38.9. The van der Waals surface area contributed by atoms with Crippen molar-refractivity contribution in [1.82, 2.24) is 20.4 Å². The van der Waals surface area contributed by atoms with Gasteiger partial charge in [-0.15, -0.1) is 0 Å². The van der Waals surface area contributed by atoms with Crippen molar-refractivity contribution in [3.63, 3.8) is 0 Å². The first-order chi connectivity index (χ1) is 24.7. The van der Waals surface area contributed by atoms with Gasteiger partial charge >= 0.3 is 12.2 Å². The van der Waals surface area contributed by atoms with Crippen molar-refractivity contribution in [2.24, 2.45) is 16.6 Å². The summed E-state index contributed by atoms with van der Waals surface area (Å²) in [5, 5.41) is 5.15. The van der Waals surface area contributed by atoms with Crippen LogP contribution in [0.25, 0.3) is 0 Å². The van der Waals surface area contributed by atoms with Gasteiger partial charge in [-0.25, -0.2) is 9.59 Å². The zero-order valence-corrected chi connectivity index (χ0v) is 29.5. The second-order valence-electron chi connectivity index (χ2n) is 13.3. The van der Waals surface area contributed by atoms with Crippen molar-refractivity contribution in [3.05, 3.63) is 71.8 Å². The highest BCUT2D eigenvalue weighted by atomic mass is 16.6. The van der Waals surface area contributed by atoms with Crippen LogP contribution in [-0.4, -0.2) is 84.3 Å². The molecule has 0 aromatic heterocycles. The van der Waals surface area contributed by atoms with Crippen LogP contribution in [0.4, 0.5) is 9.59 Å². The Morgan fingerprint density at radius 1 is 0.922 bits per heavy atom. The summed E-state index contributed by atoms with van der Waals surface area (Å²) >= 11 is 0. The standard InChI is InChI=1S/C38H52N6O7/c1-43(38(49)51-27-30-18-10-5-11-19-30)33(24-28-14-6-2-3-7-15-28)35(47)44-23-13-21-32(44)34(46)41-31(25-45)20-12-22-40-36(39)42-37(48)50-26-29-16-8-4-9-17-29/h4-5,8-11,16-19,25,28,31-33H,2-3,6-7,12-15,20-24,26-27H2,1H3,(H,41,46)(H3,39,40,42,48)/t31-,32-,33+/m0/s1. The maximum absolute atomic E-state index is 14.2. The Hall–Kier alpha value is -4.94. The molecular weight excluding hydrogens is 652 g/mol. The number of guanidine groups is 1. The zero-order valence-electron chi connectivity index (χ0n) is 29.5. The fourth-order valence-electron chi connectivity index (χ4n) is 6.65. The van der Waals surface area contributed by atoms with Crippen LogP contribution >= 0.6 is 0 Å². The van der Waals surface area contributed by atoms with E-state index in [2.05, 4.69) is 15.6 Å². The van der Waals surface area contributed by atoms with Crippen LogP contribution in [0, 0.1) is 5.92 Å². The minimum atomic E-state index is -0.798. The number of alkyl carbamates (subject to hydrolysis) is 1. The van der Waals surface area contributed by atoms with E-state index >= 15 is 0 Å². The number of carbonyl (C=O) groups is 5. The molecule has 4 rings (SSSR count). The van der Waals surface area contributed by atoms with Gasteiger partial charge in [0.05, 0.1) is 6.04 Å². The third-order valence-electron chi connectivity index (χ3n) is 9.51. The molecule has 2 fully saturated rings. The average Bonchev–Trinajstić information content (AvgIpc) is 3.50. The van der Waals surface area contributed by atoms with E-state index in [1.54, 1.807) is 11.9 Å². The number of likely N-dealkylation sites (N-methyl/N-ethyl adjacent to an activating group) is 1. The quantitative estimate of drug-likeness (QED) is 0.0788. The lowest BCUT2D eigenvalue weighted by molar-refractivity contribution is -0.142. The summed E-state index contributed by atoms with van der Waals surface area (Å²) in [6.07, 6.45) is 8.09. The fourth-order valence-corrected chi connectivity index (χ4v) is 6.65. The van der Waals surface area contributed by atoms with Crippen molar-refractivity contribution in [2.45, 2.75) is 102 Å². The Kier molecular flexibility index (Phi) is 15.7. The average molecular weight is 705 g/mol. The number of nitrogens with one attached hydrogen (secondary N) is 2. The fraction of sp³-hybridized carbons (Fsp3) is 0.526. The topological polar surface area (TPSA) is 173 Å². The van der Waals surface area contributed by atoms with E-state index in [0.717, 1.165) is 49.7 Å². The van der Waals surface area contributed by atoms with Crippen LogP contribution < -0.4 is 16.4 Å². The lowest BCUT2D eigenvalue weighted by atomic mass is 9.91. The molecule has 0 radical (unpaired) electrons. The van der Waals surface area contributed by atoms with E-state index < -0.39 is 36.2 Å². The third kappa shape index (κ3) is 12.7. The molecule has 4 amide bonds. The van der Waals surface area contributed by atoms with Gasteiger partial charge < -0.3 is 30.2 Å². The lowest BCUT2D eigenvalue weighted by Gasteiger charge is -2.34. The molecule has 1 aliphatic heterocycles. The summed E-state index contributed by atoms with van der Waals surface area (Å²) in [5.41, 5.74) is 7.48. The van der Waals surface area contributed by atoms with Gasteiger partial charge in [-0.2, -0.15) is 0 Å². The Morgan fingerprint density at radius 3 is 2.18 bits per heavy atom. The molecule has 1 aliphatic carbocycles. The van der Waals surface area contributed by atoms with Crippen LogP contribution in [0.5, 0.6) is 0 Å². The number of carbonyl (C=O) groups excluding carboxylic acids is 5. The van der Waals surface area contributed by atoms with Crippen LogP contribution in [0.2, 0.25) is 0 Å². The minimum absolute atomic E-state index is 0.0872. The number of aliphatic imine (C=N–C) groups is 1. The number of nitrogens with zero attached hydrogens (tertiary/aromatic N) is 3. The molecule has 13 nitrogen and oxygen atoms in total. The molecule has 276 valence electrons. The number of rotatable bonds is 15. The molecule has 3 atom stereocenters. The maximum Gasteiger partial charge on any atom is 0.414 e.